The number of rotatable bonds is 9. The molecule has 0 aromatic heterocycles. The summed E-state index contributed by atoms with van der Waals surface area (Å²) in [6, 6.07) is 5.89. The summed E-state index contributed by atoms with van der Waals surface area (Å²) >= 11 is 0. The highest BCUT2D eigenvalue weighted by Crippen LogP contribution is 2.32. The highest BCUT2D eigenvalue weighted by atomic mass is 16.5. The van der Waals surface area contributed by atoms with Crippen molar-refractivity contribution in [2.45, 2.75) is 52.9 Å². The van der Waals surface area contributed by atoms with Crippen molar-refractivity contribution in [1.29, 1.82) is 0 Å². The zero-order valence-corrected chi connectivity index (χ0v) is 13.0. The van der Waals surface area contributed by atoms with Gasteiger partial charge < -0.3 is 19.9 Å². The van der Waals surface area contributed by atoms with Crippen LogP contribution in [-0.4, -0.2) is 30.5 Å². The van der Waals surface area contributed by atoms with E-state index < -0.39 is 6.10 Å². The molecule has 2 atom stereocenters. The standard InChI is InChI=1S/C16H27NO3/c1-5-10-17-11-14-8-7-9-15(19-6-2)16(14)20-13(4)12(3)18/h7-9,12-13,17-18H,5-6,10-11H2,1-4H3. The van der Waals surface area contributed by atoms with Crippen LogP contribution in [0.1, 0.15) is 39.7 Å². The Balaban J connectivity index is 2.93. The Kier molecular flexibility index (Phi) is 7.41. The Hall–Kier alpha value is -1.26. The third kappa shape index (κ3) is 5.02. The van der Waals surface area contributed by atoms with E-state index in [1.54, 1.807) is 6.92 Å². The molecule has 0 fully saturated rings. The molecule has 0 aliphatic rings. The molecule has 1 aromatic rings. The van der Waals surface area contributed by atoms with Crippen LogP contribution in [0.3, 0.4) is 0 Å². The van der Waals surface area contributed by atoms with Gasteiger partial charge in [0.25, 0.3) is 0 Å². The Bertz CT molecular complexity index is 393. The van der Waals surface area contributed by atoms with Crippen LogP contribution in [0.2, 0.25) is 0 Å². The van der Waals surface area contributed by atoms with Gasteiger partial charge in [0.15, 0.2) is 11.5 Å². The van der Waals surface area contributed by atoms with Gasteiger partial charge in [-0.1, -0.05) is 19.1 Å². The van der Waals surface area contributed by atoms with Gasteiger partial charge in [0.05, 0.1) is 12.7 Å². The van der Waals surface area contributed by atoms with Gasteiger partial charge in [-0.25, -0.2) is 0 Å². The molecule has 0 saturated heterocycles. The molecule has 0 bridgehead atoms. The molecule has 4 heteroatoms. The molecule has 1 aromatic carbocycles. The van der Waals surface area contributed by atoms with Gasteiger partial charge in [-0.3, -0.25) is 0 Å². The van der Waals surface area contributed by atoms with E-state index >= 15 is 0 Å². The van der Waals surface area contributed by atoms with E-state index in [4.69, 9.17) is 9.47 Å². The Labute approximate surface area is 122 Å². The maximum atomic E-state index is 9.63. The van der Waals surface area contributed by atoms with Crippen molar-refractivity contribution in [2.24, 2.45) is 0 Å². The Morgan fingerprint density at radius 2 is 2.00 bits per heavy atom. The summed E-state index contributed by atoms with van der Waals surface area (Å²) in [4.78, 5) is 0. The fourth-order valence-corrected chi connectivity index (χ4v) is 1.79. The van der Waals surface area contributed by atoms with Crippen molar-refractivity contribution in [1.82, 2.24) is 5.32 Å². The van der Waals surface area contributed by atoms with Crippen LogP contribution in [0, 0.1) is 0 Å². The molecule has 0 spiro atoms. The number of hydrogen-bond acceptors (Lipinski definition) is 4. The second kappa shape index (κ2) is 8.82. The lowest BCUT2D eigenvalue weighted by Gasteiger charge is -2.22. The van der Waals surface area contributed by atoms with E-state index in [2.05, 4.69) is 12.2 Å². The second-order valence-corrected chi connectivity index (χ2v) is 4.92. The van der Waals surface area contributed by atoms with Crippen molar-refractivity contribution < 1.29 is 14.6 Å². The predicted octanol–water partition coefficient (Wildman–Crippen LogP) is 2.73. The molecule has 1 rings (SSSR count). The normalized spacial score (nSPS) is 13.8. The van der Waals surface area contributed by atoms with E-state index in [0.717, 1.165) is 36.6 Å². The summed E-state index contributed by atoms with van der Waals surface area (Å²) in [5, 5.41) is 13.0. The monoisotopic (exact) mass is 281 g/mol. The molecule has 0 aliphatic carbocycles. The number of ether oxygens (including phenoxy) is 2. The molecule has 4 nitrogen and oxygen atoms in total. The van der Waals surface area contributed by atoms with E-state index in [-0.39, 0.29) is 6.10 Å². The van der Waals surface area contributed by atoms with Crippen molar-refractivity contribution in [3.8, 4) is 11.5 Å². The summed E-state index contributed by atoms with van der Waals surface area (Å²) in [5.41, 5.74) is 1.05. The molecule has 0 saturated carbocycles. The van der Waals surface area contributed by atoms with Gasteiger partial charge in [0.2, 0.25) is 0 Å². The van der Waals surface area contributed by atoms with E-state index in [1.165, 1.54) is 0 Å². The minimum atomic E-state index is -0.527. The van der Waals surface area contributed by atoms with Crippen LogP contribution in [-0.2, 0) is 6.54 Å². The summed E-state index contributed by atoms with van der Waals surface area (Å²) < 4.78 is 11.5. The lowest BCUT2D eigenvalue weighted by molar-refractivity contribution is 0.0575. The van der Waals surface area contributed by atoms with Crippen molar-refractivity contribution in [2.75, 3.05) is 13.2 Å². The van der Waals surface area contributed by atoms with Crippen LogP contribution >= 0.6 is 0 Å². The zero-order chi connectivity index (χ0) is 15.0. The Morgan fingerprint density at radius 3 is 2.60 bits per heavy atom. The molecule has 0 aliphatic heterocycles. The van der Waals surface area contributed by atoms with Crippen LogP contribution < -0.4 is 14.8 Å². The van der Waals surface area contributed by atoms with Gasteiger partial charge in [0.1, 0.15) is 6.10 Å². The summed E-state index contributed by atoms with van der Waals surface area (Å²) in [5.74, 6) is 1.46. The fraction of sp³-hybridized carbons (Fsp3) is 0.625. The average molecular weight is 281 g/mol. The molecular weight excluding hydrogens is 254 g/mol. The van der Waals surface area contributed by atoms with E-state index in [1.807, 2.05) is 32.0 Å². The van der Waals surface area contributed by atoms with E-state index in [0.29, 0.717) is 6.61 Å². The Morgan fingerprint density at radius 1 is 1.25 bits per heavy atom. The van der Waals surface area contributed by atoms with Gasteiger partial charge in [-0.2, -0.15) is 0 Å². The topological polar surface area (TPSA) is 50.7 Å². The molecule has 2 unspecified atom stereocenters. The van der Waals surface area contributed by atoms with Crippen molar-refractivity contribution in [3.63, 3.8) is 0 Å². The summed E-state index contributed by atoms with van der Waals surface area (Å²) in [7, 11) is 0. The van der Waals surface area contributed by atoms with Gasteiger partial charge in [-0.15, -0.1) is 0 Å². The number of aliphatic hydroxyl groups is 1. The number of benzene rings is 1. The van der Waals surface area contributed by atoms with Crippen LogP contribution in [0.25, 0.3) is 0 Å². The first-order chi connectivity index (χ1) is 9.60. The highest BCUT2D eigenvalue weighted by Gasteiger charge is 2.17. The van der Waals surface area contributed by atoms with Gasteiger partial charge in [-0.05, 0) is 39.8 Å². The number of nitrogens with one attached hydrogen (secondary N) is 1. The summed E-state index contributed by atoms with van der Waals surface area (Å²) in [6.07, 6.45) is 0.286. The van der Waals surface area contributed by atoms with Gasteiger partial charge in [0, 0.05) is 12.1 Å². The molecule has 0 heterocycles. The maximum Gasteiger partial charge on any atom is 0.166 e. The smallest absolute Gasteiger partial charge is 0.166 e. The SMILES string of the molecule is CCCNCc1cccc(OCC)c1OC(C)C(C)O. The van der Waals surface area contributed by atoms with Crippen molar-refractivity contribution in [3.05, 3.63) is 23.8 Å². The third-order valence-corrected chi connectivity index (χ3v) is 3.09. The maximum absolute atomic E-state index is 9.63. The second-order valence-electron chi connectivity index (χ2n) is 4.92. The summed E-state index contributed by atoms with van der Waals surface area (Å²) in [6.45, 7) is 9.95. The minimum Gasteiger partial charge on any atom is -0.490 e. The van der Waals surface area contributed by atoms with Crippen LogP contribution in [0.15, 0.2) is 18.2 Å². The number of hydrogen-bond donors (Lipinski definition) is 2. The first-order valence-electron chi connectivity index (χ1n) is 7.40. The molecule has 2 N–H and O–H groups in total. The molecular formula is C16H27NO3. The quantitative estimate of drug-likeness (QED) is 0.683. The van der Waals surface area contributed by atoms with Gasteiger partial charge >= 0.3 is 0 Å². The zero-order valence-electron chi connectivity index (χ0n) is 13.0. The third-order valence-electron chi connectivity index (χ3n) is 3.09. The van der Waals surface area contributed by atoms with Crippen LogP contribution in [0.5, 0.6) is 11.5 Å². The average Bonchev–Trinajstić information content (AvgIpc) is 2.42. The first-order valence-corrected chi connectivity index (χ1v) is 7.40. The lowest BCUT2D eigenvalue weighted by atomic mass is 10.1. The van der Waals surface area contributed by atoms with E-state index in [9.17, 15) is 5.11 Å². The molecule has 20 heavy (non-hydrogen) atoms. The molecule has 0 amide bonds. The predicted molar refractivity (Wildman–Crippen MR) is 81.4 cm³/mol. The number of aliphatic hydroxyl groups excluding tert-OH is 1. The van der Waals surface area contributed by atoms with Crippen LogP contribution in [0.4, 0.5) is 0 Å². The first kappa shape index (κ1) is 16.8. The number of para-hydroxylation sites is 1. The fourth-order valence-electron chi connectivity index (χ4n) is 1.79. The minimum absolute atomic E-state index is 0.276. The van der Waals surface area contributed by atoms with Crippen molar-refractivity contribution >= 4 is 0 Å². The highest BCUT2D eigenvalue weighted by molar-refractivity contribution is 5.46. The molecule has 0 radical (unpaired) electrons. The molecule has 114 valence electrons. The lowest BCUT2D eigenvalue weighted by Crippen LogP contribution is -2.26. The largest absolute Gasteiger partial charge is 0.490 e.